The highest BCUT2D eigenvalue weighted by molar-refractivity contribution is 7.13. The van der Waals surface area contributed by atoms with Gasteiger partial charge in [-0.05, 0) is 25.3 Å². The first-order chi connectivity index (χ1) is 7.16. The molecule has 0 atom stereocenters. The lowest BCUT2D eigenvalue weighted by Crippen LogP contribution is -2.05. The van der Waals surface area contributed by atoms with E-state index in [0.29, 0.717) is 11.6 Å². The molecule has 0 aliphatic heterocycles. The number of ether oxygens (including phenoxy) is 1. The van der Waals surface area contributed by atoms with Gasteiger partial charge in [0.15, 0.2) is 5.82 Å². The summed E-state index contributed by atoms with van der Waals surface area (Å²) >= 11 is 1.44. The maximum Gasteiger partial charge on any atom is 0.439 e. The molecule has 2 aromatic heterocycles. The van der Waals surface area contributed by atoms with Crippen LogP contribution in [0.25, 0.3) is 10.7 Å². The Morgan fingerprint density at radius 1 is 1.60 bits per heavy atom. The smallest absolute Gasteiger partial charge is 0.439 e. The molecule has 15 heavy (non-hydrogen) atoms. The molecule has 0 fully saturated rings. The molecular weight excluding hydrogens is 216 g/mol. The first-order valence-corrected chi connectivity index (χ1v) is 5.35. The van der Waals surface area contributed by atoms with Gasteiger partial charge in [0.05, 0.1) is 6.10 Å². The Kier molecular flexibility index (Phi) is 2.59. The summed E-state index contributed by atoms with van der Waals surface area (Å²) in [6.45, 7) is 3.87. The lowest BCUT2D eigenvalue weighted by Gasteiger charge is -2.08. The van der Waals surface area contributed by atoms with E-state index in [0.717, 1.165) is 4.88 Å². The van der Waals surface area contributed by atoms with Gasteiger partial charge >= 0.3 is 5.76 Å². The van der Waals surface area contributed by atoms with Crippen molar-refractivity contribution in [3.05, 3.63) is 22.0 Å². The van der Waals surface area contributed by atoms with E-state index in [-0.39, 0.29) is 6.10 Å². The Bertz CT molecular complexity index is 497. The standard InChI is InChI=1S/C9H10N2O3S/c1-5(2)13-6-3-4-15-7(6)8-10-9(12)14-11-8/h3-5H,1-2H3,(H,10,11,12). The third-order valence-corrected chi connectivity index (χ3v) is 2.55. The lowest BCUT2D eigenvalue weighted by molar-refractivity contribution is 0.244. The predicted molar refractivity (Wildman–Crippen MR) is 56.2 cm³/mol. The van der Waals surface area contributed by atoms with Gasteiger partial charge in [0, 0.05) is 0 Å². The highest BCUT2D eigenvalue weighted by Gasteiger charge is 2.13. The average Bonchev–Trinajstić information content (AvgIpc) is 2.72. The van der Waals surface area contributed by atoms with Crippen molar-refractivity contribution in [1.29, 1.82) is 0 Å². The molecule has 6 heteroatoms. The summed E-state index contributed by atoms with van der Waals surface area (Å²) in [7, 11) is 0. The zero-order valence-corrected chi connectivity index (χ0v) is 9.13. The fourth-order valence-electron chi connectivity index (χ4n) is 1.14. The molecule has 2 aromatic rings. The number of H-pyrrole nitrogens is 1. The first-order valence-electron chi connectivity index (χ1n) is 4.47. The van der Waals surface area contributed by atoms with E-state index in [4.69, 9.17) is 4.74 Å². The molecule has 0 aliphatic rings. The summed E-state index contributed by atoms with van der Waals surface area (Å²) in [5.41, 5.74) is 0. The van der Waals surface area contributed by atoms with Crippen LogP contribution >= 0.6 is 11.3 Å². The second-order valence-electron chi connectivity index (χ2n) is 3.22. The number of hydrogen-bond acceptors (Lipinski definition) is 5. The molecule has 0 aliphatic carbocycles. The Morgan fingerprint density at radius 2 is 2.40 bits per heavy atom. The fourth-order valence-corrected chi connectivity index (χ4v) is 1.90. The maximum absolute atomic E-state index is 10.8. The van der Waals surface area contributed by atoms with E-state index >= 15 is 0 Å². The lowest BCUT2D eigenvalue weighted by atomic mass is 10.4. The molecular formula is C9H10N2O3S. The van der Waals surface area contributed by atoms with Crippen molar-refractivity contribution in [2.24, 2.45) is 0 Å². The number of nitrogens with zero attached hydrogens (tertiary/aromatic N) is 1. The molecule has 0 saturated heterocycles. The van der Waals surface area contributed by atoms with Crippen LogP contribution in [0, 0.1) is 0 Å². The number of rotatable bonds is 3. The summed E-state index contributed by atoms with van der Waals surface area (Å²) in [5, 5.41) is 5.49. The van der Waals surface area contributed by atoms with Crippen molar-refractivity contribution in [2.45, 2.75) is 20.0 Å². The predicted octanol–water partition coefficient (Wildman–Crippen LogP) is 1.88. The fraction of sp³-hybridized carbons (Fsp3) is 0.333. The molecule has 0 radical (unpaired) electrons. The number of aromatic nitrogens is 2. The van der Waals surface area contributed by atoms with Gasteiger partial charge in [-0.15, -0.1) is 11.3 Å². The molecule has 80 valence electrons. The number of aromatic amines is 1. The summed E-state index contributed by atoms with van der Waals surface area (Å²) in [6, 6.07) is 1.84. The molecule has 5 nitrogen and oxygen atoms in total. The van der Waals surface area contributed by atoms with E-state index in [2.05, 4.69) is 14.7 Å². The minimum absolute atomic E-state index is 0.0805. The second kappa shape index (κ2) is 3.90. The number of nitrogens with one attached hydrogen (secondary N) is 1. The van der Waals surface area contributed by atoms with E-state index in [1.807, 2.05) is 25.3 Å². The highest BCUT2D eigenvalue weighted by atomic mass is 32.1. The molecule has 0 aromatic carbocycles. The zero-order chi connectivity index (χ0) is 10.8. The molecule has 0 unspecified atom stereocenters. The van der Waals surface area contributed by atoms with Crippen LogP contribution in [0.15, 0.2) is 20.8 Å². The Hall–Kier alpha value is -1.56. The van der Waals surface area contributed by atoms with E-state index < -0.39 is 5.76 Å². The van der Waals surface area contributed by atoms with E-state index in [9.17, 15) is 4.79 Å². The Balaban J connectivity index is 2.36. The van der Waals surface area contributed by atoms with Crippen LogP contribution < -0.4 is 10.5 Å². The Morgan fingerprint density at radius 3 is 3.00 bits per heavy atom. The minimum Gasteiger partial charge on any atom is -0.489 e. The highest BCUT2D eigenvalue weighted by Crippen LogP contribution is 2.33. The second-order valence-corrected chi connectivity index (χ2v) is 4.14. The SMILES string of the molecule is CC(C)Oc1ccsc1-c1noc(=O)[nH]1. The summed E-state index contributed by atoms with van der Waals surface area (Å²) in [4.78, 5) is 14.1. The van der Waals surface area contributed by atoms with Crippen LogP contribution in [-0.2, 0) is 0 Å². The van der Waals surface area contributed by atoms with Crippen LogP contribution in [0.2, 0.25) is 0 Å². The molecule has 0 spiro atoms. The van der Waals surface area contributed by atoms with Gasteiger partial charge in [-0.2, -0.15) is 0 Å². The van der Waals surface area contributed by atoms with Crippen LogP contribution in [0.1, 0.15) is 13.8 Å². The molecule has 2 heterocycles. The van der Waals surface area contributed by atoms with Gasteiger partial charge in [0.25, 0.3) is 0 Å². The largest absolute Gasteiger partial charge is 0.489 e. The third kappa shape index (κ3) is 2.10. The summed E-state index contributed by atoms with van der Waals surface area (Å²) in [6.07, 6.45) is 0.0805. The van der Waals surface area contributed by atoms with Gasteiger partial charge < -0.3 is 4.74 Å². The van der Waals surface area contributed by atoms with Crippen LogP contribution in [0.4, 0.5) is 0 Å². The summed E-state index contributed by atoms with van der Waals surface area (Å²) < 4.78 is 9.99. The van der Waals surface area contributed by atoms with Gasteiger partial charge in [-0.25, -0.2) is 4.79 Å². The van der Waals surface area contributed by atoms with Gasteiger partial charge in [0.2, 0.25) is 0 Å². The molecule has 0 amide bonds. The molecule has 0 bridgehead atoms. The molecule has 2 rings (SSSR count). The first kappa shape index (κ1) is 9.97. The van der Waals surface area contributed by atoms with Crippen LogP contribution in [0.5, 0.6) is 5.75 Å². The van der Waals surface area contributed by atoms with Crippen molar-refractivity contribution >= 4 is 11.3 Å². The van der Waals surface area contributed by atoms with E-state index in [1.54, 1.807) is 0 Å². The van der Waals surface area contributed by atoms with Crippen molar-refractivity contribution in [3.63, 3.8) is 0 Å². The average molecular weight is 226 g/mol. The quantitative estimate of drug-likeness (QED) is 0.867. The van der Waals surface area contributed by atoms with E-state index in [1.165, 1.54) is 11.3 Å². The topological polar surface area (TPSA) is 68.1 Å². The van der Waals surface area contributed by atoms with Crippen molar-refractivity contribution in [3.8, 4) is 16.5 Å². The van der Waals surface area contributed by atoms with Crippen LogP contribution in [0.3, 0.4) is 0 Å². The van der Waals surface area contributed by atoms with Gasteiger partial charge in [0.1, 0.15) is 10.6 Å². The van der Waals surface area contributed by atoms with Crippen molar-refractivity contribution in [2.75, 3.05) is 0 Å². The van der Waals surface area contributed by atoms with Gasteiger partial charge in [-0.3, -0.25) is 9.51 Å². The molecule has 1 N–H and O–H groups in total. The third-order valence-electron chi connectivity index (χ3n) is 1.65. The monoisotopic (exact) mass is 226 g/mol. The normalized spacial score (nSPS) is 10.9. The van der Waals surface area contributed by atoms with Crippen LogP contribution in [-0.4, -0.2) is 16.2 Å². The zero-order valence-electron chi connectivity index (χ0n) is 8.31. The van der Waals surface area contributed by atoms with Gasteiger partial charge in [-0.1, -0.05) is 5.16 Å². The number of thiophene rings is 1. The maximum atomic E-state index is 10.8. The minimum atomic E-state index is -0.561. The summed E-state index contributed by atoms with van der Waals surface area (Å²) in [5.74, 6) is 0.555. The Labute approximate surface area is 89.7 Å². The number of hydrogen-bond donors (Lipinski definition) is 1. The van der Waals surface area contributed by atoms with Crippen molar-refractivity contribution in [1.82, 2.24) is 10.1 Å². The molecule has 0 saturated carbocycles. The van der Waals surface area contributed by atoms with Crippen molar-refractivity contribution < 1.29 is 9.26 Å².